The van der Waals surface area contributed by atoms with E-state index in [1.54, 1.807) is 18.3 Å². The summed E-state index contributed by atoms with van der Waals surface area (Å²) in [6.45, 7) is 4.20. The molecule has 5 nitrogen and oxygen atoms in total. The zero-order valence-electron chi connectivity index (χ0n) is 14.4. The third-order valence-corrected chi connectivity index (χ3v) is 4.75. The predicted molar refractivity (Wildman–Crippen MR) is 95.1 cm³/mol. The standard InChI is InChI=1S/C20H22N2O3/c1-14-10-15-4-2-3-5-18(15)22(12-14)20(23)16-6-8-21-19(11-16)25-17-7-9-24-13-17/h2-6,8,11,14,17H,7,9-10,12-13H2,1H3/t14-,17+/m0/s1. The zero-order chi connectivity index (χ0) is 17.2. The van der Waals surface area contributed by atoms with E-state index in [0.717, 1.165) is 25.1 Å². The van der Waals surface area contributed by atoms with Gasteiger partial charge < -0.3 is 14.4 Å². The maximum atomic E-state index is 13.1. The fourth-order valence-electron chi connectivity index (χ4n) is 3.53. The number of hydrogen-bond donors (Lipinski definition) is 0. The number of ether oxygens (including phenoxy) is 2. The van der Waals surface area contributed by atoms with Gasteiger partial charge in [0.2, 0.25) is 5.88 Å². The monoisotopic (exact) mass is 338 g/mol. The maximum absolute atomic E-state index is 13.1. The average molecular weight is 338 g/mol. The van der Waals surface area contributed by atoms with Crippen molar-refractivity contribution < 1.29 is 14.3 Å². The van der Waals surface area contributed by atoms with Crippen LogP contribution in [0.3, 0.4) is 0 Å². The fraction of sp³-hybridized carbons (Fsp3) is 0.400. The molecule has 2 aromatic rings. The van der Waals surface area contributed by atoms with Crippen LogP contribution in [0.1, 0.15) is 29.3 Å². The Labute approximate surface area is 147 Å². The molecule has 0 bridgehead atoms. The van der Waals surface area contributed by atoms with E-state index in [0.29, 0.717) is 30.6 Å². The number of carbonyl (C=O) groups is 1. The van der Waals surface area contributed by atoms with E-state index in [2.05, 4.69) is 18.0 Å². The van der Waals surface area contributed by atoms with E-state index in [4.69, 9.17) is 9.47 Å². The minimum absolute atomic E-state index is 0.00563. The van der Waals surface area contributed by atoms with E-state index in [1.165, 1.54) is 5.56 Å². The van der Waals surface area contributed by atoms with Gasteiger partial charge in [-0.3, -0.25) is 4.79 Å². The Hall–Kier alpha value is -2.40. The summed E-state index contributed by atoms with van der Waals surface area (Å²) in [5, 5.41) is 0. The molecule has 2 atom stereocenters. The summed E-state index contributed by atoms with van der Waals surface area (Å²) in [6, 6.07) is 11.6. The molecule has 1 amide bonds. The molecule has 0 N–H and O–H groups in total. The van der Waals surface area contributed by atoms with Gasteiger partial charge in [0, 0.05) is 36.5 Å². The summed E-state index contributed by atoms with van der Waals surface area (Å²) in [6.07, 6.45) is 3.52. The molecule has 0 unspecified atom stereocenters. The molecule has 0 saturated carbocycles. The Balaban J connectivity index is 1.58. The van der Waals surface area contributed by atoms with E-state index in [9.17, 15) is 4.79 Å². The van der Waals surface area contributed by atoms with Gasteiger partial charge >= 0.3 is 0 Å². The van der Waals surface area contributed by atoms with Crippen molar-refractivity contribution >= 4 is 11.6 Å². The van der Waals surface area contributed by atoms with Crippen LogP contribution in [0.4, 0.5) is 5.69 Å². The molecule has 130 valence electrons. The van der Waals surface area contributed by atoms with Gasteiger partial charge in [-0.05, 0) is 30.0 Å². The van der Waals surface area contributed by atoms with Gasteiger partial charge in [0.25, 0.3) is 5.91 Å². The average Bonchev–Trinajstić information content (AvgIpc) is 3.13. The molecule has 0 aliphatic carbocycles. The van der Waals surface area contributed by atoms with Crippen LogP contribution in [-0.2, 0) is 11.2 Å². The van der Waals surface area contributed by atoms with E-state index in [1.807, 2.05) is 23.1 Å². The van der Waals surface area contributed by atoms with Crippen LogP contribution in [-0.4, -0.2) is 36.8 Å². The highest BCUT2D eigenvalue weighted by Crippen LogP contribution is 2.31. The van der Waals surface area contributed by atoms with Gasteiger partial charge in [-0.25, -0.2) is 4.98 Å². The lowest BCUT2D eigenvalue weighted by Gasteiger charge is -2.33. The molecular weight excluding hydrogens is 316 g/mol. The highest BCUT2D eigenvalue weighted by Gasteiger charge is 2.27. The number of carbonyl (C=O) groups excluding carboxylic acids is 1. The summed E-state index contributed by atoms with van der Waals surface area (Å²) in [5.74, 6) is 0.917. The first-order valence-electron chi connectivity index (χ1n) is 8.81. The molecule has 1 saturated heterocycles. The summed E-state index contributed by atoms with van der Waals surface area (Å²) in [4.78, 5) is 19.2. The number of amides is 1. The van der Waals surface area contributed by atoms with Crippen LogP contribution in [0.15, 0.2) is 42.6 Å². The lowest BCUT2D eigenvalue weighted by atomic mass is 9.93. The van der Waals surface area contributed by atoms with Crippen LogP contribution in [0.5, 0.6) is 5.88 Å². The lowest BCUT2D eigenvalue weighted by Crippen LogP contribution is -2.39. The van der Waals surface area contributed by atoms with Crippen molar-refractivity contribution in [2.75, 3.05) is 24.7 Å². The van der Waals surface area contributed by atoms with Crippen molar-refractivity contribution in [2.45, 2.75) is 25.9 Å². The Bertz CT molecular complexity index is 771. The Morgan fingerprint density at radius 3 is 3.04 bits per heavy atom. The van der Waals surface area contributed by atoms with Crippen LogP contribution < -0.4 is 9.64 Å². The molecule has 2 aliphatic rings. The smallest absolute Gasteiger partial charge is 0.258 e. The van der Waals surface area contributed by atoms with E-state index >= 15 is 0 Å². The molecular formula is C20H22N2O3. The number of anilines is 1. The Kier molecular flexibility index (Phi) is 4.40. The number of nitrogens with zero attached hydrogens (tertiary/aromatic N) is 2. The molecule has 0 spiro atoms. The SMILES string of the molecule is C[C@H]1Cc2ccccc2N(C(=O)c2ccnc(O[C@@H]3CCOC3)c2)C1. The highest BCUT2D eigenvalue weighted by molar-refractivity contribution is 6.06. The molecule has 0 radical (unpaired) electrons. The summed E-state index contributed by atoms with van der Waals surface area (Å²) < 4.78 is 11.2. The molecule has 5 heteroatoms. The van der Waals surface area contributed by atoms with Gasteiger partial charge in [0.1, 0.15) is 6.10 Å². The van der Waals surface area contributed by atoms with Crippen molar-refractivity contribution in [2.24, 2.45) is 5.92 Å². The van der Waals surface area contributed by atoms with Crippen molar-refractivity contribution in [3.63, 3.8) is 0 Å². The summed E-state index contributed by atoms with van der Waals surface area (Å²) in [5.41, 5.74) is 2.84. The largest absolute Gasteiger partial charge is 0.472 e. The normalized spacial score (nSPS) is 22.5. The first-order chi connectivity index (χ1) is 12.2. The predicted octanol–water partition coefficient (Wildman–Crippen LogP) is 3.09. The highest BCUT2D eigenvalue weighted by atomic mass is 16.5. The number of para-hydroxylation sites is 1. The Morgan fingerprint density at radius 1 is 1.32 bits per heavy atom. The summed E-state index contributed by atoms with van der Waals surface area (Å²) >= 11 is 0. The molecule has 25 heavy (non-hydrogen) atoms. The zero-order valence-corrected chi connectivity index (χ0v) is 14.4. The second-order valence-electron chi connectivity index (χ2n) is 6.84. The lowest BCUT2D eigenvalue weighted by molar-refractivity contribution is 0.0979. The summed E-state index contributed by atoms with van der Waals surface area (Å²) in [7, 11) is 0. The van der Waals surface area contributed by atoms with E-state index in [-0.39, 0.29) is 12.0 Å². The minimum Gasteiger partial charge on any atom is -0.472 e. The molecule has 1 fully saturated rings. The first-order valence-corrected chi connectivity index (χ1v) is 8.81. The van der Waals surface area contributed by atoms with E-state index < -0.39 is 0 Å². The number of hydrogen-bond acceptors (Lipinski definition) is 4. The quantitative estimate of drug-likeness (QED) is 0.863. The van der Waals surface area contributed by atoms with Crippen LogP contribution in [0.2, 0.25) is 0 Å². The molecule has 4 rings (SSSR count). The van der Waals surface area contributed by atoms with Crippen molar-refractivity contribution in [1.29, 1.82) is 0 Å². The Morgan fingerprint density at radius 2 is 2.20 bits per heavy atom. The van der Waals surface area contributed by atoms with Gasteiger partial charge in [0.05, 0.1) is 13.2 Å². The number of pyridine rings is 1. The number of aromatic nitrogens is 1. The van der Waals surface area contributed by atoms with Crippen LogP contribution >= 0.6 is 0 Å². The second kappa shape index (κ2) is 6.84. The number of fused-ring (bicyclic) bond motifs is 1. The van der Waals surface area contributed by atoms with Gasteiger partial charge in [-0.15, -0.1) is 0 Å². The van der Waals surface area contributed by atoms with Crippen molar-refractivity contribution in [3.05, 3.63) is 53.7 Å². The van der Waals surface area contributed by atoms with Crippen LogP contribution in [0, 0.1) is 5.92 Å². The topological polar surface area (TPSA) is 51.7 Å². The minimum atomic E-state index is -0.00563. The third-order valence-electron chi connectivity index (χ3n) is 4.75. The molecule has 1 aromatic heterocycles. The maximum Gasteiger partial charge on any atom is 0.258 e. The number of benzene rings is 1. The third kappa shape index (κ3) is 3.37. The van der Waals surface area contributed by atoms with Gasteiger partial charge in [-0.2, -0.15) is 0 Å². The van der Waals surface area contributed by atoms with Crippen molar-refractivity contribution in [3.8, 4) is 5.88 Å². The number of rotatable bonds is 3. The molecule has 3 heterocycles. The van der Waals surface area contributed by atoms with Gasteiger partial charge in [-0.1, -0.05) is 25.1 Å². The molecule has 1 aromatic carbocycles. The second-order valence-corrected chi connectivity index (χ2v) is 6.84. The molecule has 2 aliphatic heterocycles. The van der Waals surface area contributed by atoms with Gasteiger partial charge in [0.15, 0.2) is 0 Å². The van der Waals surface area contributed by atoms with Crippen LogP contribution in [0.25, 0.3) is 0 Å². The van der Waals surface area contributed by atoms with Crippen molar-refractivity contribution in [1.82, 2.24) is 4.98 Å². The fourth-order valence-corrected chi connectivity index (χ4v) is 3.53. The first kappa shape index (κ1) is 16.1.